The van der Waals surface area contributed by atoms with Crippen molar-refractivity contribution in [3.05, 3.63) is 57.9 Å². The van der Waals surface area contributed by atoms with Crippen LogP contribution in [0.2, 0.25) is 5.02 Å². The van der Waals surface area contributed by atoms with Crippen LogP contribution >= 0.6 is 11.6 Å². The fourth-order valence-electron chi connectivity index (χ4n) is 3.04. The molecular weight excluding hydrogens is 317 g/mol. The minimum atomic E-state index is -0.309. The topological polar surface area (TPSA) is 30.5 Å². The molecule has 2 aromatic carbocycles. The summed E-state index contributed by atoms with van der Waals surface area (Å²) in [6.07, 6.45) is 0.848. The summed E-state index contributed by atoms with van der Waals surface area (Å²) in [7, 11) is 1.62. The van der Waals surface area contributed by atoms with Crippen LogP contribution in [0.1, 0.15) is 29.7 Å². The summed E-state index contributed by atoms with van der Waals surface area (Å²) < 4.78 is 25.4. The molecule has 1 aliphatic rings. The van der Waals surface area contributed by atoms with E-state index in [1.54, 1.807) is 19.2 Å². The molecule has 0 aliphatic carbocycles. The second-order valence-electron chi connectivity index (χ2n) is 5.41. The number of rotatable bonds is 4. The van der Waals surface area contributed by atoms with Crippen LogP contribution in [0, 0.1) is 5.82 Å². The van der Waals surface area contributed by atoms with Crippen LogP contribution in [-0.2, 0) is 6.42 Å². The van der Waals surface area contributed by atoms with Gasteiger partial charge in [0.2, 0.25) is 0 Å². The van der Waals surface area contributed by atoms with Gasteiger partial charge in [0, 0.05) is 17.1 Å². The Kier molecular flexibility index (Phi) is 4.74. The molecule has 0 saturated carbocycles. The Bertz CT molecular complexity index is 700. The molecule has 0 bridgehead atoms. The average Bonchev–Trinajstić information content (AvgIpc) is 2.54. The Morgan fingerprint density at radius 2 is 2.13 bits per heavy atom. The van der Waals surface area contributed by atoms with Gasteiger partial charge >= 0.3 is 0 Å². The lowest BCUT2D eigenvalue weighted by molar-refractivity contribution is 0.309. The van der Waals surface area contributed by atoms with E-state index < -0.39 is 0 Å². The summed E-state index contributed by atoms with van der Waals surface area (Å²) in [4.78, 5) is 0. The molecule has 1 heterocycles. The molecule has 23 heavy (non-hydrogen) atoms. The van der Waals surface area contributed by atoms with E-state index in [1.165, 1.54) is 6.07 Å². The zero-order chi connectivity index (χ0) is 16.4. The maximum atomic E-state index is 14.3. The van der Waals surface area contributed by atoms with Crippen LogP contribution in [-0.4, -0.2) is 20.3 Å². The van der Waals surface area contributed by atoms with Gasteiger partial charge in [-0.15, -0.1) is 0 Å². The number of nitrogens with one attached hydrogen (secondary N) is 1. The van der Waals surface area contributed by atoms with Gasteiger partial charge in [0.1, 0.15) is 5.82 Å². The molecule has 3 nitrogen and oxygen atoms in total. The average molecular weight is 336 g/mol. The molecule has 0 saturated heterocycles. The van der Waals surface area contributed by atoms with Crippen LogP contribution in [0.25, 0.3) is 0 Å². The summed E-state index contributed by atoms with van der Waals surface area (Å²) in [5.74, 6) is 1.05. The number of ether oxygens (including phenoxy) is 2. The molecule has 1 aliphatic heterocycles. The van der Waals surface area contributed by atoms with Crippen LogP contribution in [0.15, 0.2) is 30.3 Å². The van der Waals surface area contributed by atoms with E-state index in [0.717, 1.165) is 24.1 Å². The molecule has 1 atom stereocenters. The predicted octanol–water partition coefficient (Wildman–Crippen LogP) is 4.12. The second kappa shape index (κ2) is 6.77. The van der Waals surface area contributed by atoms with Crippen molar-refractivity contribution in [2.45, 2.75) is 19.4 Å². The largest absolute Gasteiger partial charge is 0.493 e. The molecule has 0 fully saturated rings. The van der Waals surface area contributed by atoms with Crippen molar-refractivity contribution < 1.29 is 13.9 Å². The van der Waals surface area contributed by atoms with Crippen LogP contribution in [0.4, 0.5) is 4.39 Å². The molecular formula is C18H19ClFNO2. The highest BCUT2D eigenvalue weighted by atomic mass is 35.5. The molecule has 0 spiro atoms. The van der Waals surface area contributed by atoms with E-state index in [0.29, 0.717) is 28.7 Å². The van der Waals surface area contributed by atoms with Gasteiger partial charge in [-0.05, 0) is 48.7 Å². The smallest absolute Gasteiger partial charge is 0.161 e. The van der Waals surface area contributed by atoms with Crippen molar-refractivity contribution in [2.75, 3.05) is 20.3 Å². The Morgan fingerprint density at radius 3 is 2.83 bits per heavy atom. The highest BCUT2D eigenvalue weighted by molar-refractivity contribution is 6.31. The fourth-order valence-corrected chi connectivity index (χ4v) is 3.31. The molecule has 1 N–H and O–H groups in total. The van der Waals surface area contributed by atoms with E-state index in [1.807, 2.05) is 19.1 Å². The van der Waals surface area contributed by atoms with Crippen LogP contribution < -0.4 is 14.8 Å². The standard InChI is InChI=1S/C18H19ClFNO2/c1-3-23-16-10-12-11(9-15(16)22-2)7-8-21-18(12)17-13(19)5-4-6-14(17)20/h4-6,9-10,18,21H,3,7-8H2,1-2H3. The first kappa shape index (κ1) is 16.1. The summed E-state index contributed by atoms with van der Waals surface area (Å²) in [5.41, 5.74) is 2.57. The van der Waals surface area contributed by atoms with Crippen molar-refractivity contribution in [1.82, 2.24) is 5.32 Å². The Hall–Kier alpha value is -1.78. The molecule has 1 unspecified atom stereocenters. The van der Waals surface area contributed by atoms with Gasteiger partial charge in [0.15, 0.2) is 11.5 Å². The number of fused-ring (bicyclic) bond motifs is 1. The SMILES string of the molecule is CCOc1cc2c(cc1OC)CCNC2c1c(F)cccc1Cl. The number of hydrogen-bond acceptors (Lipinski definition) is 3. The molecule has 122 valence electrons. The summed E-state index contributed by atoms with van der Waals surface area (Å²) in [6, 6.07) is 8.37. The van der Waals surface area contributed by atoms with E-state index in [2.05, 4.69) is 5.32 Å². The maximum absolute atomic E-state index is 14.3. The minimum Gasteiger partial charge on any atom is -0.493 e. The molecule has 3 rings (SSSR count). The zero-order valence-corrected chi connectivity index (χ0v) is 13.9. The molecule has 0 amide bonds. The maximum Gasteiger partial charge on any atom is 0.161 e. The van der Waals surface area contributed by atoms with Gasteiger partial charge in [0.05, 0.1) is 19.8 Å². The highest BCUT2D eigenvalue weighted by Gasteiger charge is 2.27. The number of benzene rings is 2. The molecule has 5 heteroatoms. The predicted molar refractivity (Wildman–Crippen MR) is 89.1 cm³/mol. The quantitative estimate of drug-likeness (QED) is 0.911. The highest BCUT2D eigenvalue weighted by Crippen LogP contribution is 2.39. The fraction of sp³-hybridized carbons (Fsp3) is 0.333. The van der Waals surface area contributed by atoms with Crippen molar-refractivity contribution in [2.24, 2.45) is 0 Å². The van der Waals surface area contributed by atoms with Crippen molar-refractivity contribution in [3.63, 3.8) is 0 Å². The van der Waals surface area contributed by atoms with Gasteiger partial charge in [-0.1, -0.05) is 17.7 Å². The van der Waals surface area contributed by atoms with E-state index in [4.69, 9.17) is 21.1 Å². The number of halogens is 2. The number of methoxy groups -OCH3 is 1. The second-order valence-corrected chi connectivity index (χ2v) is 5.81. The minimum absolute atomic E-state index is 0.294. The third kappa shape index (κ3) is 3.01. The first-order valence-corrected chi connectivity index (χ1v) is 8.04. The first-order valence-electron chi connectivity index (χ1n) is 7.66. The Labute approximate surface area is 140 Å². The first-order chi connectivity index (χ1) is 11.2. The van der Waals surface area contributed by atoms with Crippen molar-refractivity contribution >= 4 is 11.6 Å². The van der Waals surface area contributed by atoms with E-state index in [9.17, 15) is 4.39 Å². The van der Waals surface area contributed by atoms with Gasteiger partial charge < -0.3 is 14.8 Å². The Balaban J connectivity index is 2.13. The van der Waals surface area contributed by atoms with Gasteiger partial charge in [0.25, 0.3) is 0 Å². The zero-order valence-electron chi connectivity index (χ0n) is 13.2. The normalized spacial score (nSPS) is 16.8. The van der Waals surface area contributed by atoms with E-state index in [-0.39, 0.29) is 11.9 Å². The number of hydrogen-bond donors (Lipinski definition) is 1. The van der Waals surface area contributed by atoms with Gasteiger partial charge in [-0.3, -0.25) is 0 Å². The summed E-state index contributed by atoms with van der Waals surface area (Å²) in [6.45, 7) is 3.20. The third-order valence-electron chi connectivity index (χ3n) is 4.07. The molecule has 2 aromatic rings. The molecule has 0 radical (unpaired) electrons. The van der Waals surface area contributed by atoms with Crippen LogP contribution in [0.3, 0.4) is 0 Å². The van der Waals surface area contributed by atoms with Crippen LogP contribution in [0.5, 0.6) is 11.5 Å². The molecule has 0 aromatic heterocycles. The summed E-state index contributed by atoms with van der Waals surface area (Å²) in [5, 5.41) is 3.78. The van der Waals surface area contributed by atoms with Crippen molar-refractivity contribution in [1.29, 1.82) is 0 Å². The van der Waals surface area contributed by atoms with E-state index >= 15 is 0 Å². The summed E-state index contributed by atoms with van der Waals surface area (Å²) >= 11 is 6.25. The lowest BCUT2D eigenvalue weighted by Gasteiger charge is -2.29. The lowest BCUT2D eigenvalue weighted by atomic mass is 9.89. The van der Waals surface area contributed by atoms with Gasteiger partial charge in [-0.2, -0.15) is 0 Å². The van der Waals surface area contributed by atoms with Crippen molar-refractivity contribution in [3.8, 4) is 11.5 Å². The monoisotopic (exact) mass is 335 g/mol. The lowest BCUT2D eigenvalue weighted by Crippen LogP contribution is -2.31. The van der Waals surface area contributed by atoms with Gasteiger partial charge in [-0.25, -0.2) is 4.39 Å². The third-order valence-corrected chi connectivity index (χ3v) is 4.40. The Morgan fingerprint density at radius 1 is 1.30 bits per heavy atom.